The van der Waals surface area contributed by atoms with Crippen LogP contribution in [0.5, 0.6) is 0 Å². The number of nitrogens with one attached hydrogen (secondary N) is 1. The summed E-state index contributed by atoms with van der Waals surface area (Å²) < 4.78 is 25.9. The first-order valence-electron chi connectivity index (χ1n) is 3.51. The second-order valence-electron chi connectivity index (χ2n) is 2.35. The van der Waals surface area contributed by atoms with Crippen molar-refractivity contribution in [3.8, 4) is 0 Å². The average Bonchev–Trinajstić information content (AvgIpc) is 2.03. The zero-order valence-electron chi connectivity index (χ0n) is 7.09. The fourth-order valence-corrected chi connectivity index (χ4v) is 1.40. The van der Waals surface area contributed by atoms with Gasteiger partial charge < -0.3 is 5.73 Å². The van der Waals surface area contributed by atoms with Crippen LogP contribution < -0.4 is 5.73 Å². The molecule has 0 aliphatic rings. The normalized spacial score (nSPS) is 9.29. The van der Waals surface area contributed by atoms with Crippen LogP contribution in [0.15, 0.2) is 18.2 Å². The van der Waals surface area contributed by atoms with E-state index in [0.717, 1.165) is 11.8 Å². The molecule has 0 spiro atoms. The number of hydrogen-bond acceptors (Lipinski definition) is 2. The summed E-state index contributed by atoms with van der Waals surface area (Å²) in [7, 11) is 0. The number of hydrogen-bond donors (Lipinski definition) is 2. The largest absolute Gasteiger partial charge is 0.379 e. The predicted octanol–water partition coefficient (Wildman–Crippen LogP) is 2.51. The summed E-state index contributed by atoms with van der Waals surface area (Å²) in [5, 5.41) is 6.73. The van der Waals surface area contributed by atoms with Gasteiger partial charge in [0.1, 0.15) is 11.6 Å². The highest BCUT2D eigenvalue weighted by molar-refractivity contribution is 8.13. The van der Waals surface area contributed by atoms with Gasteiger partial charge in [0.2, 0.25) is 0 Å². The Labute approximate surface area is 90.8 Å². The van der Waals surface area contributed by atoms with Crippen LogP contribution in [0.2, 0.25) is 0 Å². The van der Waals surface area contributed by atoms with Gasteiger partial charge in [-0.3, -0.25) is 5.41 Å². The van der Waals surface area contributed by atoms with E-state index in [1.54, 1.807) is 0 Å². The maximum atomic E-state index is 12.9. The molecule has 2 nitrogen and oxygen atoms in total. The molecule has 0 atom stereocenters. The van der Waals surface area contributed by atoms with E-state index in [0.29, 0.717) is 0 Å². The number of nitrogens with two attached hydrogens (primary N) is 1. The molecule has 14 heavy (non-hydrogen) atoms. The predicted molar refractivity (Wildman–Crippen MR) is 56.8 cm³/mol. The first-order chi connectivity index (χ1) is 6.11. The molecule has 0 aliphatic heterocycles. The van der Waals surface area contributed by atoms with E-state index in [1.807, 2.05) is 0 Å². The molecule has 1 rings (SSSR count). The maximum absolute atomic E-state index is 12.9. The lowest BCUT2D eigenvalue weighted by molar-refractivity contribution is 0.566. The molecule has 0 fully saturated rings. The van der Waals surface area contributed by atoms with Crippen LogP contribution in [0.1, 0.15) is 5.56 Å². The van der Waals surface area contributed by atoms with Gasteiger partial charge in [-0.2, -0.15) is 0 Å². The molecule has 0 bridgehead atoms. The number of amidine groups is 1. The van der Waals surface area contributed by atoms with Gasteiger partial charge in [-0.05, 0) is 12.1 Å². The van der Waals surface area contributed by atoms with E-state index in [2.05, 4.69) is 0 Å². The summed E-state index contributed by atoms with van der Waals surface area (Å²) in [6, 6.07) is 3.66. The van der Waals surface area contributed by atoms with Crippen molar-refractivity contribution in [1.29, 1.82) is 5.41 Å². The zero-order chi connectivity index (χ0) is 9.84. The monoisotopic (exact) mass is 238 g/mol. The molecule has 3 N–H and O–H groups in total. The molecule has 0 aliphatic carbocycles. The van der Waals surface area contributed by atoms with Gasteiger partial charge in [0, 0.05) is 11.3 Å². The summed E-state index contributed by atoms with van der Waals surface area (Å²) in [4.78, 5) is 0. The quantitative estimate of drug-likeness (QED) is 0.615. The van der Waals surface area contributed by atoms with E-state index in [1.165, 1.54) is 18.2 Å². The van der Waals surface area contributed by atoms with Crippen LogP contribution in [0.25, 0.3) is 0 Å². The minimum atomic E-state index is -0.603. The van der Waals surface area contributed by atoms with E-state index < -0.39 is 11.6 Å². The van der Waals surface area contributed by atoms with E-state index in [9.17, 15) is 8.78 Å². The Morgan fingerprint density at radius 3 is 2.29 bits per heavy atom. The number of halogens is 3. The Morgan fingerprint density at radius 2 is 1.86 bits per heavy atom. The summed E-state index contributed by atoms with van der Waals surface area (Å²) in [6.45, 7) is 0. The van der Waals surface area contributed by atoms with Crippen molar-refractivity contribution in [1.82, 2.24) is 0 Å². The van der Waals surface area contributed by atoms with Crippen molar-refractivity contribution < 1.29 is 8.78 Å². The summed E-state index contributed by atoms with van der Waals surface area (Å²) >= 11 is 0.894. The highest BCUT2D eigenvalue weighted by Gasteiger charge is 2.08. The molecule has 0 saturated heterocycles. The highest BCUT2D eigenvalue weighted by Crippen LogP contribution is 2.18. The maximum Gasteiger partial charge on any atom is 0.151 e. The Hall–Kier alpha value is -0.810. The van der Waals surface area contributed by atoms with Crippen LogP contribution in [0, 0.1) is 17.0 Å². The smallest absolute Gasteiger partial charge is 0.151 e. The van der Waals surface area contributed by atoms with Crippen molar-refractivity contribution in [3.05, 3.63) is 35.4 Å². The average molecular weight is 239 g/mol. The molecule has 1 aromatic rings. The Bertz CT molecular complexity index is 313. The Morgan fingerprint density at radius 1 is 1.36 bits per heavy atom. The highest BCUT2D eigenvalue weighted by atomic mass is 35.5. The van der Waals surface area contributed by atoms with Crippen LogP contribution in [0.4, 0.5) is 8.78 Å². The molecule has 1 aromatic carbocycles. The molecular formula is C8H9ClF2N2S. The lowest BCUT2D eigenvalue weighted by atomic mass is 10.2. The third-order valence-electron chi connectivity index (χ3n) is 1.43. The second-order valence-corrected chi connectivity index (χ2v) is 3.37. The first-order valence-corrected chi connectivity index (χ1v) is 4.49. The number of thioether (sulfide) groups is 1. The third-order valence-corrected chi connectivity index (χ3v) is 2.18. The lowest BCUT2D eigenvalue weighted by Gasteiger charge is -2.02. The molecule has 78 valence electrons. The van der Waals surface area contributed by atoms with Crippen molar-refractivity contribution in [2.24, 2.45) is 5.73 Å². The van der Waals surface area contributed by atoms with E-state index in [4.69, 9.17) is 11.1 Å². The Balaban J connectivity index is 0.00000169. The van der Waals surface area contributed by atoms with Crippen LogP contribution in [0.3, 0.4) is 0 Å². The molecule has 0 aromatic heterocycles. The van der Waals surface area contributed by atoms with Gasteiger partial charge in [0.25, 0.3) is 0 Å². The topological polar surface area (TPSA) is 49.9 Å². The van der Waals surface area contributed by atoms with Crippen molar-refractivity contribution in [2.75, 3.05) is 0 Å². The molecule has 0 amide bonds. The molecule has 0 unspecified atom stereocenters. The minimum absolute atomic E-state index is 0. The standard InChI is InChI=1S/C8H8F2N2S.ClH/c9-6-2-1-3-7(10)5(6)4-13-8(11)12;/h1-3H,4H2,(H3,11,12);1H. The van der Waals surface area contributed by atoms with E-state index in [-0.39, 0.29) is 28.9 Å². The van der Waals surface area contributed by atoms with Crippen molar-refractivity contribution in [2.45, 2.75) is 5.75 Å². The zero-order valence-corrected chi connectivity index (χ0v) is 8.72. The SMILES string of the molecule is Cl.N=C(N)SCc1c(F)cccc1F. The van der Waals surface area contributed by atoms with Gasteiger partial charge >= 0.3 is 0 Å². The lowest BCUT2D eigenvalue weighted by Crippen LogP contribution is -2.05. The summed E-state index contributed by atoms with van der Waals surface area (Å²) in [5.74, 6) is -1.16. The fourth-order valence-electron chi connectivity index (χ4n) is 0.820. The molecule has 0 saturated carbocycles. The Kier molecular flexibility index (Phi) is 5.49. The number of benzene rings is 1. The van der Waals surface area contributed by atoms with Crippen LogP contribution in [-0.2, 0) is 5.75 Å². The molecular weight excluding hydrogens is 230 g/mol. The minimum Gasteiger partial charge on any atom is -0.379 e. The first kappa shape index (κ1) is 13.2. The van der Waals surface area contributed by atoms with Gasteiger partial charge in [0.15, 0.2) is 5.17 Å². The van der Waals surface area contributed by atoms with Crippen molar-refractivity contribution in [3.63, 3.8) is 0 Å². The number of rotatable bonds is 2. The summed E-state index contributed by atoms with van der Waals surface area (Å²) in [6.07, 6.45) is 0. The third kappa shape index (κ3) is 3.51. The van der Waals surface area contributed by atoms with Gasteiger partial charge in [0.05, 0.1) is 0 Å². The van der Waals surface area contributed by atoms with Gasteiger partial charge in [-0.1, -0.05) is 17.8 Å². The molecule has 0 radical (unpaired) electrons. The fraction of sp³-hybridized carbons (Fsp3) is 0.125. The van der Waals surface area contributed by atoms with Gasteiger partial charge in [-0.15, -0.1) is 12.4 Å². The van der Waals surface area contributed by atoms with Crippen LogP contribution in [-0.4, -0.2) is 5.17 Å². The van der Waals surface area contributed by atoms with Crippen LogP contribution >= 0.6 is 24.2 Å². The summed E-state index contributed by atoms with van der Waals surface area (Å²) in [5.41, 5.74) is 5.00. The van der Waals surface area contributed by atoms with E-state index >= 15 is 0 Å². The second kappa shape index (κ2) is 5.82. The van der Waals surface area contributed by atoms with Gasteiger partial charge in [-0.25, -0.2) is 8.78 Å². The molecule has 0 heterocycles. The van der Waals surface area contributed by atoms with Crippen molar-refractivity contribution >= 4 is 29.3 Å². The molecule has 6 heteroatoms.